The Morgan fingerprint density at radius 2 is 2.06 bits per heavy atom. The van der Waals surface area contributed by atoms with Crippen LogP contribution in [-0.2, 0) is 11.3 Å². The Balaban J connectivity index is 1.11. The van der Waals surface area contributed by atoms with Crippen molar-refractivity contribution >= 4 is 28.4 Å². The molecule has 0 spiro atoms. The molecule has 0 bridgehead atoms. The Bertz CT molecular complexity index is 1150. The highest BCUT2D eigenvalue weighted by Gasteiger charge is 2.21. The Morgan fingerprint density at radius 3 is 2.91 bits per heavy atom. The number of aromatic nitrogens is 3. The number of pyridine rings is 3. The van der Waals surface area contributed by atoms with Gasteiger partial charge in [0, 0.05) is 31.9 Å². The molecule has 0 unspecified atom stereocenters. The summed E-state index contributed by atoms with van der Waals surface area (Å²) in [6.07, 6.45) is 5.28. The summed E-state index contributed by atoms with van der Waals surface area (Å²) in [5, 5.41) is 6.24. The molecule has 3 aromatic rings. The van der Waals surface area contributed by atoms with Gasteiger partial charge in [-0.3, -0.25) is 9.78 Å². The molecule has 5 heterocycles. The van der Waals surface area contributed by atoms with Gasteiger partial charge in [0.25, 0.3) is 5.91 Å². The lowest BCUT2D eigenvalue weighted by Crippen LogP contribution is -2.35. The molecule has 0 saturated carbocycles. The molecule has 1 fully saturated rings. The molecular weight excluding hydrogens is 420 g/mol. The number of hydrogen-bond acceptors (Lipinski definition) is 8. The summed E-state index contributed by atoms with van der Waals surface area (Å²) in [5.74, 6) is 2.27. The van der Waals surface area contributed by atoms with Crippen molar-refractivity contribution in [2.75, 3.05) is 43.6 Å². The fourth-order valence-electron chi connectivity index (χ4n) is 4.45. The van der Waals surface area contributed by atoms with Crippen LogP contribution in [0, 0.1) is 5.92 Å². The fourth-order valence-corrected chi connectivity index (χ4v) is 4.45. The van der Waals surface area contributed by atoms with Crippen molar-refractivity contribution in [3.05, 3.63) is 42.2 Å². The average molecular weight is 449 g/mol. The maximum absolute atomic E-state index is 11.5. The summed E-state index contributed by atoms with van der Waals surface area (Å²) in [6, 6.07) is 9.66. The van der Waals surface area contributed by atoms with Crippen molar-refractivity contribution in [3.63, 3.8) is 0 Å². The fraction of sp³-hybridized carbons (Fsp3) is 0.417. The number of fused-ring (bicyclic) bond motifs is 2. The number of anilines is 2. The van der Waals surface area contributed by atoms with Gasteiger partial charge in [-0.2, -0.15) is 0 Å². The minimum absolute atomic E-state index is 0.0488. The van der Waals surface area contributed by atoms with E-state index in [9.17, 15) is 4.79 Å². The predicted octanol–water partition coefficient (Wildman–Crippen LogP) is 2.76. The van der Waals surface area contributed by atoms with E-state index in [-0.39, 0.29) is 12.5 Å². The first-order valence-electron chi connectivity index (χ1n) is 11.4. The molecule has 33 heavy (non-hydrogen) atoms. The monoisotopic (exact) mass is 448 g/mol. The second-order valence-electron chi connectivity index (χ2n) is 8.43. The van der Waals surface area contributed by atoms with Crippen molar-refractivity contribution < 1.29 is 14.3 Å². The SMILES string of the molecule is COc1ccc2nccc(N3CCC(CCNCc4ccc5c(n4)NC(=O)CO5)CC3)c2n1. The molecule has 2 N–H and O–H groups in total. The lowest BCUT2D eigenvalue weighted by molar-refractivity contribution is -0.118. The van der Waals surface area contributed by atoms with E-state index in [1.54, 1.807) is 7.11 Å². The lowest BCUT2D eigenvalue weighted by atomic mass is 9.93. The maximum atomic E-state index is 11.5. The summed E-state index contributed by atoms with van der Waals surface area (Å²) in [6.45, 7) is 3.67. The van der Waals surface area contributed by atoms with E-state index in [2.05, 4.69) is 36.6 Å². The second-order valence-corrected chi connectivity index (χ2v) is 8.43. The van der Waals surface area contributed by atoms with Crippen molar-refractivity contribution in [1.29, 1.82) is 0 Å². The molecule has 172 valence electrons. The third-order valence-corrected chi connectivity index (χ3v) is 6.27. The molecule has 0 aliphatic carbocycles. The van der Waals surface area contributed by atoms with Gasteiger partial charge in [0.15, 0.2) is 18.2 Å². The van der Waals surface area contributed by atoms with Crippen LogP contribution in [0.1, 0.15) is 25.0 Å². The van der Waals surface area contributed by atoms with Crippen LogP contribution in [0.25, 0.3) is 11.0 Å². The molecule has 9 heteroatoms. The van der Waals surface area contributed by atoms with Crippen LogP contribution in [0.2, 0.25) is 0 Å². The summed E-state index contributed by atoms with van der Waals surface area (Å²) in [5.41, 5.74) is 3.81. The van der Waals surface area contributed by atoms with E-state index >= 15 is 0 Å². The number of ether oxygens (including phenoxy) is 2. The molecule has 0 atom stereocenters. The number of methoxy groups -OCH3 is 1. The molecular formula is C24H28N6O3. The minimum atomic E-state index is -0.166. The highest BCUT2D eigenvalue weighted by Crippen LogP contribution is 2.30. The average Bonchev–Trinajstić information content (AvgIpc) is 2.86. The van der Waals surface area contributed by atoms with Crippen molar-refractivity contribution in [3.8, 4) is 11.6 Å². The first-order valence-corrected chi connectivity index (χ1v) is 11.4. The topological polar surface area (TPSA) is 102 Å². The number of nitrogens with one attached hydrogen (secondary N) is 2. The van der Waals surface area contributed by atoms with Crippen LogP contribution in [-0.4, -0.2) is 54.2 Å². The number of piperidine rings is 1. The van der Waals surface area contributed by atoms with Gasteiger partial charge >= 0.3 is 0 Å². The van der Waals surface area contributed by atoms with Gasteiger partial charge in [0.2, 0.25) is 5.88 Å². The quantitative estimate of drug-likeness (QED) is 0.532. The highest BCUT2D eigenvalue weighted by molar-refractivity contribution is 5.94. The molecule has 2 aliphatic rings. The zero-order valence-corrected chi connectivity index (χ0v) is 18.7. The Kier molecular flexibility index (Phi) is 6.21. The molecule has 1 amide bonds. The van der Waals surface area contributed by atoms with Crippen molar-refractivity contribution in [2.24, 2.45) is 5.92 Å². The molecule has 0 radical (unpaired) electrons. The Labute approximate surface area is 192 Å². The number of carbonyl (C=O) groups excluding carboxylic acids is 1. The standard InChI is InChI=1S/C24H28N6O3/c1-32-22-5-3-18-23(29-22)19(7-11-26-18)30-12-8-16(9-13-30)6-10-25-14-17-2-4-20-24(27-17)28-21(31)15-33-20/h2-5,7,11,16,25H,6,8-10,12-15H2,1H3,(H,27,28,31). The molecule has 3 aromatic heterocycles. The predicted molar refractivity (Wildman–Crippen MR) is 126 cm³/mol. The minimum Gasteiger partial charge on any atom is -0.481 e. The highest BCUT2D eigenvalue weighted by atomic mass is 16.5. The number of nitrogens with zero attached hydrogens (tertiary/aromatic N) is 4. The Morgan fingerprint density at radius 1 is 1.18 bits per heavy atom. The molecule has 1 saturated heterocycles. The molecule has 0 aromatic carbocycles. The van der Waals surface area contributed by atoms with Gasteiger partial charge in [0.1, 0.15) is 5.52 Å². The smallest absolute Gasteiger partial charge is 0.263 e. The van der Waals surface area contributed by atoms with E-state index in [0.29, 0.717) is 29.9 Å². The third-order valence-electron chi connectivity index (χ3n) is 6.27. The van der Waals surface area contributed by atoms with E-state index < -0.39 is 0 Å². The molecule has 9 nitrogen and oxygen atoms in total. The molecule has 2 aliphatic heterocycles. The largest absolute Gasteiger partial charge is 0.481 e. The zero-order chi connectivity index (χ0) is 22.6. The van der Waals surface area contributed by atoms with Gasteiger partial charge in [-0.15, -0.1) is 0 Å². The van der Waals surface area contributed by atoms with Crippen molar-refractivity contribution in [1.82, 2.24) is 20.3 Å². The van der Waals surface area contributed by atoms with Crippen LogP contribution < -0.4 is 25.0 Å². The first kappa shape index (κ1) is 21.4. The summed E-state index contributed by atoms with van der Waals surface area (Å²) < 4.78 is 10.7. The van der Waals surface area contributed by atoms with Crippen LogP contribution >= 0.6 is 0 Å². The second kappa shape index (κ2) is 9.58. The van der Waals surface area contributed by atoms with Crippen LogP contribution in [0.3, 0.4) is 0 Å². The van der Waals surface area contributed by atoms with E-state index in [0.717, 1.165) is 61.3 Å². The third kappa shape index (κ3) is 4.83. The number of rotatable bonds is 7. The lowest BCUT2D eigenvalue weighted by Gasteiger charge is -2.34. The van der Waals surface area contributed by atoms with Crippen LogP contribution in [0.5, 0.6) is 11.6 Å². The van der Waals surface area contributed by atoms with Gasteiger partial charge in [0.05, 0.1) is 24.0 Å². The van der Waals surface area contributed by atoms with Crippen LogP contribution in [0.4, 0.5) is 11.5 Å². The van der Waals surface area contributed by atoms with Crippen LogP contribution in [0.15, 0.2) is 36.5 Å². The number of carbonyl (C=O) groups is 1. The molecule has 5 rings (SSSR count). The zero-order valence-electron chi connectivity index (χ0n) is 18.7. The van der Waals surface area contributed by atoms with E-state index in [1.807, 2.05) is 30.5 Å². The summed E-state index contributed by atoms with van der Waals surface area (Å²) in [7, 11) is 1.64. The maximum Gasteiger partial charge on any atom is 0.263 e. The number of hydrogen-bond donors (Lipinski definition) is 2. The first-order chi connectivity index (χ1) is 16.2. The number of amides is 1. The van der Waals surface area contributed by atoms with Gasteiger partial charge in [-0.1, -0.05) is 0 Å². The normalized spacial score (nSPS) is 16.3. The summed E-state index contributed by atoms with van der Waals surface area (Å²) >= 11 is 0. The van der Waals surface area contributed by atoms with Crippen molar-refractivity contribution in [2.45, 2.75) is 25.8 Å². The summed E-state index contributed by atoms with van der Waals surface area (Å²) in [4.78, 5) is 27.4. The van der Waals surface area contributed by atoms with Gasteiger partial charge in [-0.25, -0.2) is 9.97 Å². The van der Waals surface area contributed by atoms with E-state index in [4.69, 9.17) is 9.47 Å². The van der Waals surface area contributed by atoms with Gasteiger partial charge in [-0.05, 0) is 56.0 Å². The Hall–Kier alpha value is -3.46. The van der Waals surface area contributed by atoms with Gasteiger partial charge < -0.3 is 25.0 Å². The van der Waals surface area contributed by atoms with E-state index in [1.165, 1.54) is 0 Å².